The highest BCUT2D eigenvalue weighted by Crippen LogP contribution is 2.37. The van der Waals surface area contributed by atoms with Gasteiger partial charge in [-0.1, -0.05) is 0 Å². The van der Waals surface area contributed by atoms with Crippen LogP contribution >= 0.6 is 44.5 Å². The van der Waals surface area contributed by atoms with Gasteiger partial charge in [0.2, 0.25) is 0 Å². The van der Waals surface area contributed by atoms with Crippen molar-refractivity contribution in [2.45, 2.75) is 19.3 Å². The van der Waals surface area contributed by atoms with Crippen LogP contribution in [0.5, 0.6) is 5.75 Å². The topological polar surface area (TPSA) is 52.4 Å². The molecule has 1 rings (SSSR count). The second-order valence-corrected chi connectivity index (χ2v) is 5.78. The van der Waals surface area contributed by atoms with Crippen molar-refractivity contribution in [1.82, 2.24) is 0 Å². The lowest BCUT2D eigenvalue weighted by Gasteiger charge is -2.10. The zero-order valence-corrected chi connectivity index (χ0v) is 13.6. The van der Waals surface area contributed by atoms with Crippen LogP contribution in [0.4, 0.5) is 5.69 Å². The lowest BCUT2D eigenvalue weighted by molar-refractivity contribution is -0.385. The SMILES string of the molecule is O=[N+]([O-])c1cc(Br)c(OCCCCCS)c(Br)c1. The van der Waals surface area contributed by atoms with Crippen LogP contribution in [0, 0.1) is 10.1 Å². The van der Waals surface area contributed by atoms with Gasteiger partial charge in [-0.3, -0.25) is 10.1 Å². The molecule has 1 aromatic rings. The first-order valence-corrected chi connectivity index (χ1v) is 7.65. The largest absolute Gasteiger partial charge is 0.491 e. The summed E-state index contributed by atoms with van der Waals surface area (Å²) in [6.07, 6.45) is 3.07. The predicted octanol–water partition coefficient (Wildman–Crippen LogP) is 4.60. The van der Waals surface area contributed by atoms with Gasteiger partial charge < -0.3 is 4.74 Å². The van der Waals surface area contributed by atoms with Crippen LogP contribution in [0.1, 0.15) is 19.3 Å². The van der Waals surface area contributed by atoms with Gasteiger partial charge in [0.25, 0.3) is 5.69 Å². The molecular weight excluding hydrogens is 386 g/mol. The first-order chi connectivity index (χ1) is 8.56. The van der Waals surface area contributed by atoms with Crippen LogP contribution in [0.15, 0.2) is 21.1 Å². The molecule has 0 fully saturated rings. The van der Waals surface area contributed by atoms with E-state index < -0.39 is 4.92 Å². The third-order valence-electron chi connectivity index (χ3n) is 2.24. The van der Waals surface area contributed by atoms with Gasteiger partial charge in [-0.15, -0.1) is 0 Å². The molecule has 0 bridgehead atoms. The lowest BCUT2D eigenvalue weighted by atomic mass is 10.2. The first-order valence-electron chi connectivity index (χ1n) is 5.43. The number of benzene rings is 1. The minimum atomic E-state index is -0.438. The van der Waals surface area contributed by atoms with E-state index in [9.17, 15) is 10.1 Å². The quantitative estimate of drug-likeness (QED) is 0.316. The number of hydrogen-bond acceptors (Lipinski definition) is 4. The maximum atomic E-state index is 10.7. The van der Waals surface area contributed by atoms with Crippen LogP contribution in [-0.2, 0) is 0 Å². The number of nitro benzene ring substituents is 1. The summed E-state index contributed by atoms with van der Waals surface area (Å²) in [6, 6.07) is 2.88. The van der Waals surface area contributed by atoms with E-state index in [0.717, 1.165) is 25.0 Å². The van der Waals surface area contributed by atoms with Gasteiger partial charge in [-0.25, -0.2) is 0 Å². The molecule has 0 aliphatic rings. The van der Waals surface area contributed by atoms with E-state index in [2.05, 4.69) is 44.5 Å². The van der Waals surface area contributed by atoms with Crippen molar-refractivity contribution in [3.8, 4) is 5.75 Å². The van der Waals surface area contributed by atoms with E-state index in [1.54, 1.807) is 0 Å². The molecule has 0 radical (unpaired) electrons. The molecule has 0 heterocycles. The minimum Gasteiger partial charge on any atom is -0.491 e. The molecule has 18 heavy (non-hydrogen) atoms. The average molecular weight is 399 g/mol. The minimum absolute atomic E-state index is 0.0242. The van der Waals surface area contributed by atoms with Crippen LogP contribution in [0.3, 0.4) is 0 Å². The molecule has 0 aromatic heterocycles. The molecule has 0 saturated heterocycles. The summed E-state index contributed by atoms with van der Waals surface area (Å²) in [4.78, 5) is 10.2. The van der Waals surface area contributed by atoms with Crippen molar-refractivity contribution in [3.05, 3.63) is 31.2 Å². The summed E-state index contributed by atoms with van der Waals surface area (Å²) < 4.78 is 6.77. The van der Waals surface area contributed by atoms with Gasteiger partial charge in [0.1, 0.15) is 5.75 Å². The highest BCUT2D eigenvalue weighted by Gasteiger charge is 2.14. The molecule has 0 amide bonds. The van der Waals surface area contributed by atoms with Crippen LogP contribution in [0.2, 0.25) is 0 Å². The Kier molecular flexibility index (Phi) is 7.03. The number of ether oxygens (including phenoxy) is 1. The van der Waals surface area contributed by atoms with E-state index in [0.29, 0.717) is 21.3 Å². The summed E-state index contributed by atoms with van der Waals surface area (Å²) in [7, 11) is 0. The Labute approximate surface area is 128 Å². The second-order valence-electron chi connectivity index (χ2n) is 3.63. The summed E-state index contributed by atoms with van der Waals surface area (Å²) >= 11 is 10.7. The Balaban J connectivity index is 2.63. The smallest absolute Gasteiger partial charge is 0.271 e. The summed E-state index contributed by atoms with van der Waals surface area (Å²) in [5.74, 6) is 1.48. The van der Waals surface area contributed by atoms with Crippen molar-refractivity contribution in [1.29, 1.82) is 0 Å². The molecule has 0 atom stereocenters. The van der Waals surface area contributed by atoms with Gasteiger partial charge >= 0.3 is 0 Å². The normalized spacial score (nSPS) is 10.4. The average Bonchev–Trinajstić information content (AvgIpc) is 2.31. The van der Waals surface area contributed by atoms with Crippen LogP contribution in [-0.4, -0.2) is 17.3 Å². The molecule has 0 unspecified atom stereocenters. The lowest BCUT2D eigenvalue weighted by Crippen LogP contribution is -1.99. The number of nitrogens with zero attached hydrogens (tertiary/aromatic N) is 1. The molecule has 7 heteroatoms. The first kappa shape index (κ1) is 15.8. The molecule has 0 spiro atoms. The second kappa shape index (κ2) is 8.01. The Morgan fingerprint density at radius 1 is 1.22 bits per heavy atom. The number of nitro groups is 1. The van der Waals surface area contributed by atoms with Gasteiger partial charge in [-0.2, -0.15) is 12.6 Å². The Morgan fingerprint density at radius 2 is 1.83 bits per heavy atom. The van der Waals surface area contributed by atoms with Crippen molar-refractivity contribution >= 4 is 50.2 Å². The molecular formula is C11H13Br2NO3S. The molecule has 1 aromatic carbocycles. The van der Waals surface area contributed by atoms with Gasteiger partial charge in [0, 0.05) is 12.1 Å². The van der Waals surface area contributed by atoms with Crippen LogP contribution in [0.25, 0.3) is 0 Å². The molecule has 0 N–H and O–H groups in total. The van der Waals surface area contributed by atoms with Crippen LogP contribution < -0.4 is 4.74 Å². The van der Waals surface area contributed by atoms with Gasteiger partial charge in [0.05, 0.1) is 20.5 Å². The summed E-state index contributed by atoms with van der Waals surface area (Å²) in [5.41, 5.74) is 0.0242. The van der Waals surface area contributed by atoms with Gasteiger partial charge in [-0.05, 0) is 56.9 Å². The predicted molar refractivity (Wildman–Crippen MR) is 81.7 cm³/mol. The number of hydrogen-bond donors (Lipinski definition) is 1. The molecule has 0 saturated carbocycles. The third-order valence-corrected chi connectivity index (χ3v) is 3.74. The number of halogens is 2. The number of thiol groups is 1. The Bertz CT molecular complexity index is 406. The monoisotopic (exact) mass is 397 g/mol. The fourth-order valence-corrected chi connectivity index (χ4v) is 2.97. The summed E-state index contributed by atoms with van der Waals surface area (Å²) in [6.45, 7) is 0.586. The standard InChI is InChI=1S/C11H13Br2NO3S/c12-9-6-8(14(15)16)7-10(13)11(9)17-4-2-1-3-5-18/h6-7,18H,1-5H2. The highest BCUT2D eigenvalue weighted by molar-refractivity contribution is 9.11. The number of non-ortho nitro benzene ring substituents is 1. The maximum Gasteiger partial charge on any atom is 0.271 e. The maximum absolute atomic E-state index is 10.7. The number of rotatable bonds is 7. The number of unbranched alkanes of at least 4 members (excludes halogenated alkanes) is 2. The van der Waals surface area contributed by atoms with Crippen molar-refractivity contribution in [3.63, 3.8) is 0 Å². The van der Waals surface area contributed by atoms with Gasteiger partial charge in [0.15, 0.2) is 0 Å². The van der Waals surface area contributed by atoms with Crippen molar-refractivity contribution in [2.24, 2.45) is 0 Å². The summed E-state index contributed by atoms with van der Waals surface area (Å²) in [5, 5.41) is 10.7. The van der Waals surface area contributed by atoms with Crippen molar-refractivity contribution < 1.29 is 9.66 Å². The molecule has 100 valence electrons. The van der Waals surface area contributed by atoms with E-state index in [1.165, 1.54) is 12.1 Å². The highest BCUT2D eigenvalue weighted by atomic mass is 79.9. The molecule has 4 nitrogen and oxygen atoms in total. The molecule has 0 aliphatic carbocycles. The van der Waals surface area contributed by atoms with E-state index >= 15 is 0 Å². The Morgan fingerprint density at radius 3 is 2.33 bits per heavy atom. The molecule has 0 aliphatic heterocycles. The van der Waals surface area contributed by atoms with E-state index in [4.69, 9.17) is 4.74 Å². The zero-order valence-electron chi connectivity index (χ0n) is 9.57. The van der Waals surface area contributed by atoms with E-state index in [1.807, 2.05) is 0 Å². The fourth-order valence-electron chi connectivity index (χ4n) is 1.35. The third kappa shape index (κ3) is 4.78. The Hall–Kier alpha value is -0.270. The van der Waals surface area contributed by atoms with Crippen molar-refractivity contribution in [2.75, 3.05) is 12.4 Å². The zero-order chi connectivity index (χ0) is 13.5. The van der Waals surface area contributed by atoms with E-state index in [-0.39, 0.29) is 5.69 Å². The fraction of sp³-hybridized carbons (Fsp3) is 0.455.